The van der Waals surface area contributed by atoms with Crippen molar-refractivity contribution in [2.75, 3.05) is 33.3 Å². The van der Waals surface area contributed by atoms with Crippen molar-refractivity contribution in [2.45, 2.75) is 74.6 Å². The number of aliphatic hydroxyl groups is 3. The Balaban J connectivity index is 0.000000646. The summed E-state index contributed by atoms with van der Waals surface area (Å²) in [6.45, 7) is 1.47. The van der Waals surface area contributed by atoms with Gasteiger partial charge in [-0.25, -0.2) is 9.59 Å². The maximum atomic E-state index is 12.2. The number of carboxylic acids is 1. The topological polar surface area (TPSA) is 236 Å². The van der Waals surface area contributed by atoms with E-state index in [4.69, 9.17) is 34.6 Å². The lowest BCUT2D eigenvalue weighted by Crippen LogP contribution is -2.48. The van der Waals surface area contributed by atoms with Gasteiger partial charge >= 0.3 is 23.8 Å². The second-order valence-corrected chi connectivity index (χ2v) is 10.2. The second kappa shape index (κ2) is 14.7. The molecule has 0 saturated carbocycles. The highest BCUT2D eigenvalue weighted by Gasteiger charge is 2.47. The van der Waals surface area contributed by atoms with Crippen LogP contribution in [0.3, 0.4) is 0 Å². The van der Waals surface area contributed by atoms with E-state index in [1.807, 2.05) is 0 Å². The molecular formula is C24H35F3N4O12. The number of alkyl halides is 3. The second-order valence-electron chi connectivity index (χ2n) is 10.2. The number of halogens is 3. The van der Waals surface area contributed by atoms with Gasteiger partial charge in [0.15, 0.2) is 12.5 Å². The van der Waals surface area contributed by atoms with Crippen LogP contribution in [0.15, 0.2) is 21.9 Å². The number of piperidine rings is 1. The smallest absolute Gasteiger partial charge is 0.475 e. The van der Waals surface area contributed by atoms with Crippen LogP contribution < -0.4 is 17.0 Å². The molecular weight excluding hydrogens is 593 g/mol. The van der Waals surface area contributed by atoms with Gasteiger partial charge in [0.05, 0.1) is 25.2 Å². The fourth-order valence-corrected chi connectivity index (χ4v) is 5.01. The van der Waals surface area contributed by atoms with Gasteiger partial charge in [0, 0.05) is 31.8 Å². The third-order valence-electron chi connectivity index (χ3n) is 7.32. The molecule has 8 atom stereocenters. The molecule has 1 aromatic heterocycles. The molecule has 4 heterocycles. The Morgan fingerprint density at radius 1 is 1.16 bits per heavy atom. The van der Waals surface area contributed by atoms with Gasteiger partial charge in [-0.15, -0.1) is 0 Å². The summed E-state index contributed by atoms with van der Waals surface area (Å²) in [5.74, 6) is -3.19. The molecule has 7 N–H and O–H groups in total. The highest BCUT2D eigenvalue weighted by Crippen LogP contribution is 2.33. The van der Waals surface area contributed by atoms with E-state index in [0.717, 1.165) is 10.6 Å². The summed E-state index contributed by atoms with van der Waals surface area (Å²) in [7, 11) is 1.36. The van der Waals surface area contributed by atoms with Crippen molar-refractivity contribution in [1.29, 1.82) is 0 Å². The molecule has 0 bridgehead atoms. The number of carbonyl (C=O) groups is 2. The van der Waals surface area contributed by atoms with E-state index in [9.17, 15) is 42.9 Å². The van der Waals surface area contributed by atoms with Crippen molar-refractivity contribution in [3.8, 4) is 0 Å². The zero-order valence-corrected chi connectivity index (χ0v) is 23.0. The van der Waals surface area contributed by atoms with E-state index < -0.39 is 72.5 Å². The molecule has 16 nitrogen and oxygen atoms in total. The van der Waals surface area contributed by atoms with Crippen LogP contribution in [-0.2, 0) is 28.5 Å². The van der Waals surface area contributed by atoms with Gasteiger partial charge < -0.3 is 50.0 Å². The number of nitrogens with one attached hydrogen (secondary N) is 1. The number of carboxylic acid groups (broad SMARTS) is 1. The third kappa shape index (κ3) is 8.82. The molecule has 0 amide bonds. The Bertz CT molecular complexity index is 1200. The number of nitrogens with two attached hydrogens (primary N) is 1. The van der Waals surface area contributed by atoms with Crippen molar-refractivity contribution in [1.82, 2.24) is 14.5 Å². The van der Waals surface area contributed by atoms with E-state index in [0.29, 0.717) is 32.5 Å². The molecule has 0 aromatic carbocycles. The quantitative estimate of drug-likeness (QED) is 0.163. The van der Waals surface area contributed by atoms with Gasteiger partial charge in [-0.2, -0.15) is 13.2 Å². The molecule has 43 heavy (non-hydrogen) atoms. The van der Waals surface area contributed by atoms with E-state index in [1.54, 1.807) is 0 Å². The minimum Gasteiger partial charge on any atom is -0.475 e. The van der Waals surface area contributed by atoms with Crippen LogP contribution in [0.1, 0.15) is 25.5 Å². The van der Waals surface area contributed by atoms with E-state index in [-0.39, 0.29) is 24.9 Å². The Hall–Kier alpha value is -2.91. The lowest BCUT2D eigenvalue weighted by atomic mass is 9.96. The number of rotatable bonds is 8. The van der Waals surface area contributed by atoms with E-state index in [1.165, 1.54) is 13.3 Å². The number of likely N-dealkylation sites (tertiary alicyclic amines) is 1. The highest BCUT2D eigenvalue weighted by molar-refractivity contribution is 5.73. The summed E-state index contributed by atoms with van der Waals surface area (Å²) in [6, 6.07) is 1.15. The Morgan fingerprint density at radius 2 is 1.79 bits per heavy atom. The van der Waals surface area contributed by atoms with Gasteiger partial charge in [-0.3, -0.25) is 19.1 Å². The normalized spacial score (nSPS) is 30.8. The van der Waals surface area contributed by atoms with Crippen molar-refractivity contribution in [2.24, 2.45) is 11.7 Å². The number of hydrogen-bond acceptors (Lipinski definition) is 13. The average molecular weight is 629 g/mol. The van der Waals surface area contributed by atoms with Crippen LogP contribution in [0, 0.1) is 5.92 Å². The summed E-state index contributed by atoms with van der Waals surface area (Å²) < 4.78 is 55.4. The van der Waals surface area contributed by atoms with Crippen molar-refractivity contribution in [3.63, 3.8) is 0 Å². The number of aliphatic hydroxyl groups excluding tert-OH is 3. The highest BCUT2D eigenvalue weighted by atomic mass is 19.4. The van der Waals surface area contributed by atoms with Crippen molar-refractivity contribution < 1.29 is 62.1 Å². The number of H-pyrrole nitrogens is 1. The third-order valence-corrected chi connectivity index (χ3v) is 7.32. The molecule has 3 fully saturated rings. The standard InChI is InChI=1S/C22H34N4O10.C2HF3O2/c1-33-20(31)11-2-5-25(6-3-11)10-15(36-21-18(30)17(29)14(9-23)35-21)13-8-12(27)19(34-13)26-7-4-16(28)24-22(26)32;3-2(4,5)1(6)7/h4,7,11-15,17-19,21,27,29-30H,2-3,5-6,8-10,23H2,1H3,(H,24,28,32);(H,6,7)/t12-,13+,14-,15+,17-,18-,19-,21+;/m1./s1. The largest absolute Gasteiger partial charge is 0.490 e. The minimum atomic E-state index is -5.08. The van der Waals surface area contributed by atoms with Gasteiger partial charge in [-0.05, 0) is 25.9 Å². The lowest BCUT2D eigenvalue weighted by Gasteiger charge is -2.36. The molecule has 0 aliphatic carbocycles. The number of nitrogens with zero attached hydrogens (tertiary/aromatic N) is 2. The van der Waals surface area contributed by atoms with Gasteiger partial charge in [0.2, 0.25) is 0 Å². The molecule has 0 unspecified atom stereocenters. The number of esters is 1. The number of hydrogen-bond donors (Lipinski definition) is 6. The van der Waals surface area contributed by atoms with Crippen LogP contribution in [0.5, 0.6) is 0 Å². The predicted octanol–water partition coefficient (Wildman–Crippen LogP) is -2.51. The van der Waals surface area contributed by atoms with Gasteiger partial charge in [0.25, 0.3) is 5.56 Å². The number of ether oxygens (including phenoxy) is 4. The summed E-state index contributed by atoms with van der Waals surface area (Å²) in [5.41, 5.74) is 4.32. The van der Waals surface area contributed by atoms with E-state index >= 15 is 0 Å². The van der Waals surface area contributed by atoms with Gasteiger partial charge in [0.1, 0.15) is 24.4 Å². The minimum absolute atomic E-state index is 0.0142. The fraction of sp³-hybridized carbons (Fsp3) is 0.750. The summed E-state index contributed by atoms with van der Waals surface area (Å²) in [6.07, 6.45) is -10.7. The molecule has 3 aliphatic heterocycles. The zero-order valence-electron chi connectivity index (χ0n) is 23.0. The Labute approximate surface area is 241 Å². The summed E-state index contributed by atoms with van der Waals surface area (Å²) in [4.78, 5) is 48.6. The average Bonchev–Trinajstić information content (AvgIpc) is 3.46. The molecule has 4 rings (SSSR count). The molecule has 19 heteroatoms. The summed E-state index contributed by atoms with van der Waals surface area (Å²) in [5, 5.41) is 38.4. The molecule has 3 saturated heterocycles. The number of aliphatic carboxylic acids is 1. The van der Waals surface area contributed by atoms with Crippen molar-refractivity contribution in [3.05, 3.63) is 33.1 Å². The molecule has 3 aliphatic rings. The number of aromatic nitrogens is 2. The van der Waals surface area contributed by atoms with Crippen LogP contribution >= 0.6 is 0 Å². The summed E-state index contributed by atoms with van der Waals surface area (Å²) >= 11 is 0. The first-order valence-electron chi connectivity index (χ1n) is 13.3. The lowest BCUT2D eigenvalue weighted by molar-refractivity contribution is -0.218. The molecule has 0 radical (unpaired) electrons. The fourth-order valence-electron chi connectivity index (χ4n) is 5.01. The van der Waals surface area contributed by atoms with Gasteiger partial charge in [-0.1, -0.05) is 0 Å². The molecule has 0 spiro atoms. The molecule has 244 valence electrons. The number of carbonyl (C=O) groups excluding carboxylic acids is 1. The monoisotopic (exact) mass is 628 g/mol. The van der Waals surface area contributed by atoms with Crippen LogP contribution in [0.4, 0.5) is 13.2 Å². The maximum Gasteiger partial charge on any atom is 0.490 e. The van der Waals surface area contributed by atoms with E-state index in [2.05, 4.69) is 9.88 Å². The SMILES string of the molecule is COC(=O)C1CCN(C[C@H](O[C@@H]2O[C@H](CN)[C@@H](O)[C@H]2O)[C@@H]2C[C@@H](O)[C@H](n3ccc(=O)[nH]c3=O)O2)CC1.O=C(O)C(F)(F)F. The first-order chi connectivity index (χ1) is 20.2. The predicted molar refractivity (Wildman–Crippen MR) is 135 cm³/mol. The number of aromatic amines is 1. The molecule has 1 aromatic rings. The Kier molecular flexibility index (Phi) is 11.8. The number of methoxy groups -OCH3 is 1. The van der Waals surface area contributed by atoms with Crippen molar-refractivity contribution >= 4 is 11.9 Å². The Morgan fingerprint density at radius 3 is 2.30 bits per heavy atom. The van der Waals surface area contributed by atoms with Crippen LogP contribution in [-0.4, -0.2) is 129 Å². The first kappa shape index (κ1) is 34.6. The maximum absolute atomic E-state index is 12.2. The first-order valence-corrected chi connectivity index (χ1v) is 13.3. The van der Waals surface area contributed by atoms with Crippen LogP contribution in [0.25, 0.3) is 0 Å². The van der Waals surface area contributed by atoms with Crippen LogP contribution in [0.2, 0.25) is 0 Å². The zero-order chi connectivity index (χ0) is 32.1.